The van der Waals surface area contributed by atoms with Gasteiger partial charge in [0.15, 0.2) is 0 Å². The van der Waals surface area contributed by atoms with E-state index in [0.29, 0.717) is 19.3 Å². The van der Waals surface area contributed by atoms with Crippen LogP contribution in [0.5, 0.6) is 0 Å². The van der Waals surface area contributed by atoms with Crippen LogP contribution in [0.25, 0.3) is 0 Å². The predicted molar refractivity (Wildman–Crippen MR) is 77.4 cm³/mol. The van der Waals surface area contributed by atoms with Crippen LogP contribution in [0.1, 0.15) is 51.4 Å². The third-order valence-corrected chi connectivity index (χ3v) is 5.36. The fourth-order valence-electron chi connectivity index (χ4n) is 1.95. The molecule has 0 aliphatic carbocycles. The minimum Gasteiger partial charge on any atom is -0.301 e. The second-order valence-electron chi connectivity index (χ2n) is 5.01. The van der Waals surface area contributed by atoms with E-state index >= 15 is 0 Å². The van der Waals surface area contributed by atoms with Gasteiger partial charge in [-0.25, -0.2) is 4.79 Å². The zero-order chi connectivity index (χ0) is 17.2. The summed E-state index contributed by atoms with van der Waals surface area (Å²) >= 11 is 0. The summed E-state index contributed by atoms with van der Waals surface area (Å²) in [5.74, 6) is -1.71. The van der Waals surface area contributed by atoms with Crippen LogP contribution in [0.15, 0.2) is 0 Å². The van der Waals surface area contributed by atoms with E-state index in [1.54, 1.807) is 0 Å². The van der Waals surface area contributed by atoms with Crippen molar-refractivity contribution in [3.05, 3.63) is 0 Å². The Balaban J connectivity index is 3.89. The van der Waals surface area contributed by atoms with Crippen LogP contribution < -0.4 is 0 Å². The first-order valence-electron chi connectivity index (χ1n) is 6.82. The Hall–Kier alpha value is -0.750. The van der Waals surface area contributed by atoms with E-state index in [9.17, 15) is 21.6 Å². The van der Waals surface area contributed by atoms with Crippen molar-refractivity contribution in [1.29, 1.82) is 0 Å². The summed E-state index contributed by atoms with van der Waals surface area (Å²) in [5, 5.41) is 6.50. The van der Waals surface area contributed by atoms with E-state index in [-0.39, 0.29) is 12.8 Å². The Labute approximate surface area is 130 Å². The topological polar surface area (TPSA) is 155 Å². The van der Waals surface area contributed by atoms with Crippen molar-refractivity contribution >= 4 is 26.2 Å². The van der Waals surface area contributed by atoms with Gasteiger partial charge >= 0.3 is 5.97 Å². The van der Waals surface area contributed by atoms with E-state index in [1.807, 2.05) is 0 Å². The number of unbranched alkanes of at least 4 members (excludes halogenated alkanes) is 5. The lowest BCUT2D eigenvalue weighted by atomic mass is 10.1. The molecule has 0 aromatic carbocycles. The molecule has 0 amide bonds. The van der Waals surface area contributed by atoms with Crippen LogP contribution in [0.3, 0.4) is 0 Å². The van der Waals surface area contributed by atoms with E-state index in [1.165, 1.54) is 0 Å². The molecule has 0 rings (SSSR count). The van der Waals surface area contributed by atoms with E-state index in [0.717, 1.165) is 19.3 Å². The minimum atomic E-state index is -4.53. The van der Waals surface area contributed by atoms with Crippen LogP contribution >= 0.6 is 0 Å². The first kappa shape index (κ1) is 21.2. The molecule has 0 saturated heterocycles. The number of carbonyl (C=O) groups is 1. The van der Waals surface area contributed by atoms with Crippen LogP contribution in [0.4, 0.5) is 0 Å². The van der Waals surface area contributed by atoms with Gasteiger partial charge in [-0.15, -0.1) is 0 Å². The Morgan fingerprint density at radius 3 is 1.86 bits per heavy atom. The summed E-state index contributed by atoms with van der Waals surface area (Å²) in [7, 11) is -9.00. The zero-order valence-corrected chi connectivity index (χ0v) is 13.7. The van der Waals surface area contributed by atoms with Gasteiger partial charge in [0.05, 0.1) is 5.75 Å². The monoisotopic (exact) mass is 362 g/mol. The molecule has 0 aliphatic heterocycles. The maximum absolute atomic E-state index is 11.0. The van der Waals surface area contributed by atoms with Gasteiger partial charge in [-0.3, -0.25) is 9.11 Å². The molecule has 0 aliphatic rings. The summed E-state index contributed by atoms with van der Waals surface area (Å²) in [6.45, 7) is 0. The van der Waals surface area contributed by atoms with Gasteiger partial charge in [0.1, 0.15) is 5.25 Å². The molecule has 132 valence electrons. The molecule has 0 aromatic rings. The third-order valence-electron chi connectivity index (χ3n) is 3.08. The average molecular weight is 362 g/mol. The zero-order valence-electron chi connectivity index (χ0n) is 12.0. The molecule has 0 fully saturated rings. The maximum Gasteiger partial charge on any atom is 0.342 e. The number of carbonyl (C=O) groups excluding carboxylic acids is 1. The summed E-state index contributed by atoms with van der Waals surface area (Å²) in [6, 6.07) is 0. The fraction of sp³-hybridized carbons (Fsp3) is 0.909. The second-order valence-corrected chi connectivity index (χ2v) is 8.20. The van der Waals surface area contributed by atoms with Crippen molar-refractivity contribution in [2.24, 2.45) is 0 Å². The average Bonchev–Trinajstić information content (AvgIpc) is 2.37. The van der Waals surface area contributed by atoms with Crippen molar-refractivity contribution in [2.45, 2.75) is 56.6 Å². The molecule has 1 atom stereocenters. The standard InChI is InChI=1S/C11H22O9S2/c12-11(20-13)8-6-4-2-1-3-5-7-10(22(17,18)19)9-21(14,15)16/h10,13H,1-9H2,(H,14,15,16)(H,17,18,19)/t10-/m0/s1. The van der Waals surface area contributed by atoms with Crippen LogP contribution in [0, 0.1) is 0 Å². The molecular formula is C11H22O9S2. The highest BCUT2D eigenvalue weighted by Crippen LogP contribution is 2.14. The molecular weight excluding hydrogens is 340 g/mol. The van der Waals surface area contributed by atoms with Gasteiger partial charge in [0, 0.05) is 6.42 Å². The smallest absolute Gasteiger partial charge is 0.301 e. The van der Waals surface area contributed by atoms with Crippen molar-refractivity contribution in [3.8, 4) is 0 Å². The maximum atomic E-state index is 11.0. The van der Waals surface area contributed by atoms with Crippen molar-refractivity contribution in [1.82, 2.24) is 0 Å². The highest BCUT2D eigenvalue weighted by molar-refractivity contribution is 7.90. The molecule has 3 N–H and O–H groups in total. The van der Waals surface area contributed by atoms with Gasteiger partial charge in [-0.05, 0) is 12.8 Å². The first-order valence-corrected chi connectivity index (χ1v) is 9.93. The van der Waals surface area contributed by atoms with Gasteiger partial charge in [0.2, 0.25) is 0 Å². The predicted octanol–water partition coefficient (Wildman–Crippen LogP) is 1.27. The van der Waals surface area contributed by atoms with Gasteiger partial charge in [-0.1, -0.05) is 32.1 Å². The molecule has 0 bridgehead atoms. The quantitative estimate of drug-likeness (QED) is 0.201. The Bertz CT molecular complexity index is 524. The fourth-order valence-corrected chi connectivity index (χ4v) is 4.25. The van der Waals surface area contributed by atoms with Gasteiger partial charge in [0.25, 0.3) is 20.2 Å². The summed E-state index contributed by atoms with van der Waals surface area (Å²) < 4.78 is 61.0. The molecule has 0 spiro atoms. The molecule has 0 heterocycles. The molecule has 0 saturated carbocycles. The van der Waals surface area contributed by atoms with Crippen molar-refractivity contribution < 1.29 is 40.9 Å². The van der Waals surface area contributed by atoms with Crippen molar-refractivity contribution in [2.75, 3.05) is 5.75 Å². The van der Waals surface area contributed by atoms with E-state index in [4.69, 9.17) is 14.4 Å². The minimum absolute atomic E-state index is 0.0601. The highest BCUT2D eigenvalue weighted by Gasteiger charge is 2.27. The molecule has 9 nitrogen and oxygen atoms in total. The molecule has 0 unspecified atom stereocenters. The first-order chi connectivity index (χ1) is 10.1. The highest BCUT2D eigenvalue weighted by atomic mass is 32.2. The SMILES string of the molecule is O=C(CCCCCCCC[C@@H](CS(=O)(=O)O)S(=O)(=O)O)OO. The van der Waals surface area contributed by atoms with Crippen LogP contribution in [-0.4, -0.2) is 48.2 Å². The van der Waals surface area contributed by atoms with Gasteiger partial charge in [-0.2, -0.15) is 22.1 Å². The number of hydrogen-bond donors (Lipinski definition) is 3. The Morgan fingerprint density at radius 2 is 1.41 bits per heavy atom. The summed E-state index contributed by atoms with van der Waals surface area (Å²) in [4.78, 5) is 14.1. The van der Waals surface area contributed by atoms with Crippen LogP contribution in [-0.2, 0) is 29.9 Å². The normalized spacial score (nSPS) is 13.8. The number of hydrogen-bond acceptors (Lipinski definition) is 7. The van der Waals surface area contributed by atoms with Gasteiger partial charge < -0.3 is 4.89 Å². The summed E-state index contributed by atoms with van der Waals surface area (Å²) in [6.07, 6.45) is 3.91. The van der Waals surface area contributed by atoms with Crippen LogP contribution in [0.2, 0.25) is 0 Å². The lowest BCUT2D eigenvalue weighted by Gasteiger charge is -2.11. The van der Waals surface area contributed by atoms with E-state index < -0.39 is 37.2 Å². The summed E-state index contributed by atoms with van der Waals surface area (Å²) in [5.41, 5.74) is 0. The Kier molecular flexibility index (Phi) is 9.76. The van der Waals surface area contributed by atoms with E-state index in [2.05, 4.69) is 4.89 Å². The second kappa shape index (κ2) is 10.1. The lowest BCUT2D eigenvalue weighted by Crippen LogP contribution is -2.29. The molecule has 11 heteroatoms. The molecule has 0 aromatic heterocycles. The molecule has 22 heavy (non-hydrogen) atoms. The third kappa shape index (κ3) is 11.9. The van der Waals surface area contributed by atoms with Crippen molar-refractivity contribution in [3.63, 3.8) is 0 Å². The number of rotatable bonds is 12. The lowest BCUT2D eigenvalue weighted by molar-refractivity contribution is -0.234. The molecule has 0 radical (unpaired) electrons. The largest absolute Gasteiger partial charge is 0.342 e. The Morgan fingerprint density at radius 1 is 0.909 bits per heavy atom.